The molecule has 0 bridgehead atoms. The number of ether oxygens (including phenoxy) is 2. The third-order valence-corrected chi connectivity index (χ3v) is 2.90. The zero-order valence-corrected chi connectivity index (χ0v) is 12.6. The van der Waals surface area contributed by atoms with Crippen LogP contribution in [0, 0.1) is 0 Å². The van der Waals surface area contributed by atoms with Crippen molar-refractivity contribution in [2.24, 2.45) is 0 Å². The molecule has 1 N–H and O–H groups in total. The number of aromatic nitrogens is 2. The summed E-state index contributed by atoms with van der Waals surface area (Å²) in [4.78, 5) is 19.4. The highest BCUT2D eigenvalue weighted by Crippen LogP contribution is 2.31. The van der Waals surface area contributed by atoms with E-state index in [0.29, 0.717) is 0 Å². The number of nitrogens with zero attached hydrogens (tertiary/aromatic N) is 2. The van der Waals surface area contributed by atoms with Crippen molar-refractivity contribution in [1.29, 1.82) is 0 Å². The van der Waals surface area contributed by atoms with Gasteiger partial charge in [-0.3, -0.25) is 4.79 Å². The summed E-state index contributed by atoms with van der Waals surface area (Å²) in [7, 11) is 1.41. The molecule has 9 heteroatoms. The molecule has 0 atom stereocenters. The number of amides is 1. The first-order valence-electron chi connectivity index (χ1n) is 6.84. The van der Waals surface area contributed by atoms with Crippen LogP contribution in [0.3, 0.4) is 0 Å². The minimum atomic E-state index is -4.43. The summed E-state index contributed by atoms with van der Waals surface area (Å²) in [6, 6.07) is 5.88. The van der Waals surface area contributed by atoms with Gasteiger partial charge >= 0.3 is 6.18 Å². The van der Waals surface area contributed by atoms with Gasteiger partial charge < -0.3 is 14.8 Å². The van der Waals surface area contributed by atoms with Gasteiger partial charge in [0.05, 0.1) is 19.2 Å². The monoisotopic (exact) mass is 341 g/mol. The lowest BCUT2D eigenvalue weighted by Crippen LogP contribution is -2.28. The summed E-state index contributed by atoms with van der Waals surface area (Å²) < 4.78 is 47.8. The number of carbonyl (C=O) groups excluding carboxylic acids is 1. The number of alkyl halides is 3. The minimum absolute atomic E-state index is 0.00920. The molecule has 0 aliphatic heterocycles. The largest absolute Gasteiger partial charge is 0.492 e. The molecule has 2 aromatic rings. The predicted molar refractivity (Wildman–Crippen MR) is 77.9 cm³/mol. The summed E-state index contributed by atoms with van der Waals surface area (Å²) in [6.45, 7) is 0.108. The highest BCUT2D eigenvalue weighted by molar-refractivity contribution is 5.92. The van der Waals surface area contributed by atoms with Gasteiger partial charge in [-0.15, -0.1) is 0 Å². The van der Waals surface area contributed by atoms with Gasteiger partial charge in [-0.25, -0.2) is 9.97 Å². The molecule has 1 aromatic carbocycles. The van der Waals surface area contributed by atoms with E-state index >= 15 is 0 Å². The molecular formula is C15H14F3N3O3. The van der Waals surface area contributed by atoms with Crippen LogP contribution in [0.4, 0.5) is 13.2 Å². The summed E-state index contributed by atoms with van der Waals surface area (Å²) in [5.41, 5.74) is -0.682. The van der Waals surface area contributed by atoms with Crippen molar-refractivity contribution >= 4 is 5.91 Å². The number of benzene rings is 1. The number of halogens is 3. The molecule has 0 unspecified atom stereocenters. The van der Waals surface area contributed by atoms with Crippen LogP contribution in [-0.4, -0.2) is 36.1 Å². The normalized spacial score (nSPS) is 11.0. The molecule has 0 radical (unpaired) electrons. The Balaban J connectivity index is 1.83. The standard InChI is InChI=1S/C15H14F3N3O3/c1-23-13-8-12(20-9-21-13)14(22)19-5-6-24-11-4-2-3-10(7-11)15(16,17)18/h2-4,7-9H,5-6H2,1H3,(H,19,22). The van der Waals surface area contributed by atoms with Gasteiger partial charge in [0.25, 0.3) is 5.91 Å². The Morgan fingerprint density at radius 3 is 2.75 bits per heavy atom. The lowest BCUT2D eigenvalue weighted by Gasteiger charge is -2.10. The Hall–Kier alpha value is -2.84. The number of hydrogen-bond donors (Lipinski definition) is 1. The van der Waals surface area contributed by atoms with E-state index in [9.17, 15) is 18.0 Å². The minimum Gasteiger partial charge on any atom is -0.492 e. The van der Waals surface area contributed by atoms with Crippen molar-refractivity contribution in [3.05, 3.63) is 47.9 Å². The van der Waals surface area contributed by atoms with E-state index in [0.717, 1.165) is 12.1 Å². The van der Waals surface area contributed by atoms with Crippen LogP contribution in [0.2, 0.25) is 0 Å². The summed E-state index contributed by atoms with van der Waals surface area (Å²) in [5, 5.41) is 2.53. The number of rotatable bonds is 6. The smallest absolute Gasteiger partial charge is 0.416 e. The van der Waals surface area contributed by atoms with Crippen LogP contribution in [0.15, 0.2) is 36.7 Å². The van der Waals surface area contributed by atoms with Crippen molar-refractivity contribution < 1.29 is 27.4 Å². The topological polar surface area (TPSA) is 73.3 Å². The van der Waals surface area contributed by atoms with E-state index in [1.54, 1.807) is 0 Å². The molecule has 1 aromatic heterocycles. The first-order chi connectivity index (χ1) is 11.4. The van der Waals surface area contributed by atoms with Crippen LogP contribution in [0.25, 0.3) is 0 Å². The van der Waals surface area contributed by atoms with Crippen LogP contribution >= 0.6 is 0 Å². The second-order valence-electron chi connectivity index (χ2n) is 4.58. The van der Waals surface area contributed by atoms with Crippen molar-refractivity contribution in [1.82, 2.24) is 15.3 Å². The van der Waals surface area contributed by atoms with Gasteiger partial charge in [0, 0.05) is 6.07 Å². The van der Waals surface area contributed by atoms with Crippen molar-refractivity contribution in [3.8, 4) is 11.6 Å². The Labute approximate surface area is 135 Å². The van der Waals surface area contributed by atoms with Crippen molar-refractivity contribution in [2.45, 2.75) is 6.18 Å². The average molecular weight is 341 g/mol. The molecule has 128 valence electrons. The molecule has 0 aliphatic rings. The molecule has 2 rings (SSSR count). The van der Waals surface area contributed by atoms with Gasteiger partial charge in [-0.1, -0.05) is 6.07 Å². The first kappa shape index (κ1) is 17.5. The average Bonchev–Trinajstić information content (AvgIpc) is 2.58. The summed E-state index contributed by atoms with van der Waals surface area (Å²) in [5.74, 6) is -0.151. The maximum Gasteiger partial charge on any atom is 0.416 e. The molecule has 1 amide bonds. The van der Waals surface area contributed by atoms with E-state index in [4.69, 9.17) is 9.47 Å². The molecule has 0 saturated carbocycles. The van der Waals surface area contributed by atoms with E-state index < -0.39 is 17.6 Å². The van der Waals surface area contributed by atoms with Gasteiger partial charge in [0.1, 0.15) is 24.4 Å². The summed E-state index contributed by atoms with van der Waals surface area (Å²) >= 11 is 0. The fraction of sp³-hybridized carbons (Fsp3) is 0.267. The maximum absolute atomic E-state index is 12.6. The molecule has 1 heterocycles. The quantitative estimate of drug-likeness (QED) is 0.816. The summed E-state index contributed by atoms with van der Waals surface area (Å²) in [6.07, 6.45) is -3.24. The molecular weight excluding hydrogens is 327 g/mol. The molecule has 0 spiro atoms. The lowest BCUT2D eigenvalue weighted by molar-refractivity contribution is -0.137. The van der Waals surface area contributed by atoms with Gasteiger partial charge in [0.15, 0.2) is 0 Å². The SMILES string of the molecule is COc1cc(C(=O)NCCOc2cccc(C(F)(F)F)c2)ncn1. The van der Waals surface area contributed by atoms with Gasteiger partial charge in [-0.05, 0) is 18.2 Å². The molecule has 24 heavy (non-hydrogen) atoms. The Morgan fingerprint density at radius 1 is 1.25 bits per heavy atom. The number of carbonyl (C=O) groups is 1. The van der Waals surface area contributed by atoms with Gasteiger partial charge in [-0.2, -0.15) is 13.2 Å². The highest BCUT2D eigenvalue weighted by Gasteiger charge is 2.30. The Bertz CT molecular complexity index is 708. The molecule has 6 nitrogen and oxygen atoms in total. The Morgan fingerprint density at radius 2 is 2.04 bits per heavy atom. The zero-order chi connectivity index (χ0) is 17.6. The van der Waals surface area contributed by atoms with E-state index in [1.807, 2.05) is 0 Å². The second kappa shape index (κ2) is 7.62. The van der Waals surface area contributed by atoms with Crippen LogP contribution < -0.4 is 14.8 Å². The van der Waals surface area contributed by atoms with Crippen molar-refractivity contribution in [3.63, 3.8) is 0 Å². The zero-order valence-electron chi connectivity index (χ0n) is 12.6. The predicted octanol–water partition coefficient (Wildman–Crippen LogP) is 2.31. The third-order valence-electron chi connectivity index (χ3n) is 2.90. The van der Waals surface area contributed by atoms with Crippen LogP contribution in [0.1, 0.15) is 16.1 Å². The molecule has 0 saturated heterocycles. The number of methoxy groups -OCH3 is 1. The van der Waals surface area contributed by atoms with E-state index in [1.165, 1.54) is 31.6 Å². The van der Waals surface area contributed by atoms with Gasteiger partial charge in [0.2, 0.25) is 5.88 Å². The third kappa shape index (κ3) is 4.83. The van der Waals surface area contributed by atoms with Crippen LogP contribution in [0.5, 0.6) is 11.6 Å². The maximum atomic E-state index is 12.6. The molecule has 0 aliphatic carbocycles. The second-order valence-corrected chi connectivity index (χ2v) is 4.58. The lowest BCUT2D eigenvalue weighted by atomic mass is 10.2. The fourth-order valence-corrected chi connectivity index (χ4v) is 1.76. The molecule has 0 fully saturated rings. The van der Waals surface area contributed by atoms with E-state index in [-0.39, 0.29) is 30.5 Å². The fourth-order valence-electron chi connectivity index (χ4n) is 1.76. The first-order valence-corrected chi connectivity index (χ1v) is 6.84. The Kier molecular flexibility index (Phi) is 5.56. The highest BCUT2D eigenvalue weighted by atomic mass is 19.4. The number of hydrogen-bond acceptors (Lipinski definition) is 5. The van der Waals surface area contributed by atoms with Crippen molar-refractivity contribution in [2.75, 3.05) is 20.3 Å². The van der Waals surface area contributed by atoms with E-state index in [2.05, 4.69) is 15.3 Å². The van der Waals surface area contributed by atoms with Crippen LogP contribution in [-0.2, 0) is 6.18 Å². The number of nitrogens with one attached hydrogen (secondary N) is 1.